The van der Waals surface area contributed by atoms with Gasteiger partial charge in [0.15, 0.2) is 0 Å². The number of ether oxygens (including phenoxy) is 2. The molecule has 0 aromatic heterocycles. The van der Waals surface area contributed by atoms with Crippen molar-refractivity contribution in [3.8, 4) is 11.5 Å². The number of anilines is 1. The van der Waals surface area contributed by atoms with Crippen LogP contribution >= 0.6 is 0 Å². The Labute approximate surface area is 146 Å². The first kappa shape index (κ1) is 18.2. The SMILES string of the molecule is CCCCOc1ccc(CNc2cccc(OCC(C)C)c2)cc1. The monoisotopic (exact) mass is 327 g/mol. The normalized spacial score (nSPS) is 10.7. The smallest absolute Gasteiger partial charge is 0.121 e. The number of benzene rings is 2. The summed E-state index contributed by atoms with van der Waals surface area (Å²) < 4.78 is 11.5. The van der Waals surface area contributed by atoms with Gasteiger partial charge in [0.1, 0.15) is 11.5 Å². The fourth-order valence-electron chi connectivity index (χ4n) is 2.20. The maximum atomic E-state index is 5.77. The number of nitrogens with one attached hydrogen (secondary N) is 1. The van der Waals surface area contributed by atoms with Gasteiger partial charge in [-0.05, 0) is 42.2 Å². The van der Waals surface area contributed by atoms with Gasteiger partial charge in [0.05, 0.1) is 13.2 Å². The molecule has 0 atom stereocenters. The second-order valence-corrected chi connectivity index (χ2v) is 6.43. The summed E-state index contributed by atoms with van der Waals surface area (Å²) >= 11 is 0. The van der Waals surface area contributed by atoms with E-state index >= 15 is 0 Å². The maximum absolute atomic E-state index is 5.77. The van der Waals surface area contributed by atoms with Gasteiger partial charge in [-0.25, -0.2) is 0 Å². The van der Waals surface area contributed by atoms with Gasteiger partial charge in [-0.3, -0.25) is 0 Å². The predicted octanol–water partition coefficient (Wildman–Crippen LogP) is 5.51. The van der Waals surface area contributed by atoms with Crippen molar-refractivity contribution in [2.24, 2.45) is 5.92 Å². The summed E-state index contributed by atoms with van der Waals surface area (Å²) in [6.45, 7) is 8.78. The Morgan fingerprint density at radius 1 is 0.958 bits per heavy atom. The number of rotatable bonds is 10. The van der Waals surface area contributed by atoms with Gasteiger partial charge in [-0.15, -0.1) is 0 Å². The highest BCUT2D eigenvalue weighted by molar-refractivity contribution is 5.48. The van der Waals surface area contributed by atoms with Crippen LogP contribution < -0.4 is 14.8 Å². The summed E-state index contributed by atoms with van der Waals surface area (Å²) in [6, 6.07) is 16.4. The fourth-order valence-corrected chi connectivity index (χ4v) is 2.20. The quantitative estimate of drug-likeness (QED) is 0.583. The number of unbranched alkanes of at least 4 members (excludes halogenated alkanes) is 1. The van der Waals surface area contributed by atoms with Gasteiger partial charge in [-0.1, -0.05) is 45.4 Å². The van der Waals surface area contributed by atoms with Crippen LogP contribution in [0, 0.1) is 5.92 Å². The van der Waals surface area contributed by atoms with E-state index in [0.29, 0.717) is 5.92 Å². The van der Waals surface area contributed by atoms with Gasteiger partial charge in [-0.2, -0.15) is 0 Å². The summed E-state index contributed by atoms with van der Waals surface area (Å²) in [5.41, 5.74) is 2.30. The lowest BCUT2D eigenvalue weighted by atomic mass is 10.2. The second-order valence-electron chi connectivity index (χ2n) is 6.43. The molecule has 0 unspecified atom stereocenters. The van der Waals surface area contributed by atoms with Crippen LogP contribution in [0.5, 0.6) is 11.5 Å². The lowest BCUT2D eigenvalue weighted by Crippen LogP contribution is -2.05. The van der Waals surface area contributed by atoms with Gasteiger partial charge >= 0.3 is 0 Å². The van der Waals surface area contributed by atoms with Crippen molar-refractivity contribution in [2.75, 3.05) is 18.5 Å². The zero-order chi connectivity index (χ0) is 17.2. The summed E-state index contributed by atoms with van der Waals surface area (Å²) in [5.74, 6) is 2.38. The highest BCUT2D eigenvalue weighted by Crippen LogP contribution is 2.19. The lowest BCUT2D eigenvalue weighted by Gasteiger charge is -2.12. The largest absolute Gasteiger partial charge is 0.494 e. The van der Waals surface area contributed by atoms with Crippen LogP contribution in [0.2, 0.25) is 0 Å². The van der Waals surface area contributed by atoms with Crippen LogP contribution in [0.3, 0.4) is 0 Å². The highest BCUT2D eigenvalue weighted by atomic mass is 16.5. The Kier molecular flexibility index (Phi) is 7.47. The molecule has 3 heteroatoms. The molecule has 24 heavy (non-hydrogen) atoms. The molecular formula is C21H29NO2. The van der Waals surface area contributed by atoms with E-state index in [0.717, 1.165) is 49.8 Å². The molecule has 0 aliphatic heterocycles. The average molecular weight is 327 g/mol. The van der Waals surface area contributed by atoms with Crippen LogP contribution in [0.25, 0.3) is 0 Å². The van der Waals surface area contributed by atoms with Crippen LogP contribution in [0.1, 0.15) is 39.2 Å². The van der Waals surface area contributed by atoms with E-state index in [1.807, 2.05) is 30.3 Å². The molecule has 0 fully saturated rings. The third-order valence-electron chi connectivity index (χ3n) is 3.60. The standard InChI is InChI=1S/C21H29NO2/c1-4-5-13-23-20-11-9-18(10-12-20)15-22-19-7-6-8-21(14-19)24-16-17(2)3/h6-12,14,17,22H,4-5,13,15-16H2,1-3H3. The zero-order valence-electron chi connectivity index (χ0n) is 15.0. The molecule has 0 saturated carbocycles. The molecule has 2 rings (SSSR count). The fraction of sp³-hybridized carbons (Fsp3) is 0.429. The molecular weight excluding hydrogens is 298 g/mol. The van der Waals surface area contributed by atoms with E-state index in [-0.39, 0.29) is 0 Å². The van der Waals surface area contributed by atoms with E-state index in [1.54, 1.807) is 0 Å². The van der Waals surface area contributed by atoms with Gasteiger partial charge in [0.25, 0.3) is 0 Å². The number of hydrogen-bond acceptors (Lipinski definition) is 3. The Morgan fingerprint density at radius 3 is 2.46 bits per heavy atom. The topological polar surface area (TPSA) is 30.5 Å². The highest BCUT2D eigenvalue weighted by Gasteiger charge is 2.00. The second kappa shape index (κ2) is 9.86. The van der Waals surface area contributed by atoms with Crippen LogP contribution in [-0.4, -0.2) is 13.2 Å². The van der Waals surface area contributed by atoms with Crippen molar-refractivity contribution in [3.05, 3.63) is 54.1 Å². The first-order valence-electron chi connectivity index (χ1n) is 8.86. The summed E-state index contributed by atoms with van der Waals surface area (Å²) in [5, 5.41) is 3.44. The Hall–Kier alpha value is -2.16. The maximum Gasteiger partial charge on any atom is 0.121 e. The van der Waals surface area contributed by atoms with Crippen molar-refractivity contribution in [1.29, 1.82) is 0 Å². The third-order valence-corrected chi connectivity index (χ3v) is 3.60. The number of hydrogen-bond donors (Lipinski definition) is 1. The van der Waals surface area contributed by atoms with Crippen molar-refractivity contribution in [3.63, 3.8) is 0 Å². The molecule has 130 valence electrons. The summed E-state index contributed by atoms with van der Waals surface area (Å²) in [7, 11) is 0. The van der Waals surface area contributed by atoms with E-state index in [9.17, 15) is 0 Å². The molecule has 0 saturated heterocycles. The summed E-state index contributed by atoms with van der Waals surface area (Å²) in [6.07, 6.45) is 2.25. The molecule has 0 radical (unpaired) electrons. The minimum absolute atomic E-state index is 0.527. The van der Waals surface area contributed by atoms with E-state index < -0.39 is 0 Å². The zero-order valence-corrected chi connectivity index (χ0v) is 15.0. The van der Waals surface area contributed by atoms with E-state index in [1.165, 1.54) is 5.56 Å². The van der Waals surface area contributed by atoms with Crippen molar-refractivity contribution in [2.45, 2.75) is 40.2 Å². The lowest BCUT2D eigenvalue weighted by molar-refractivity contribution is 0.271. The molecule has 0 aliphatic carbocycles. The molecule has 0 spiro atoms. The molecule has 2 aromatic rings. The molecule has 0 bridgehead atoms. The minimum Gasteiger partial charge on any atom is -0.494 e. The molecule has 0 amide bonds. The molecule has 3 nitrogen and oxygen atoms in total. The van der Waals surface area contributed by atoms with Crippen LogP contribution in [0.15, 0.2) is 48.5 Å². The first-order chi connectivity index (χ1) is 11.7. The van der Waals surface area contributed by atoms with Crippen molar-refractivity contribution < 1.29 is 9.47 Å². The van der Waals surface area contributed by atoms with Crippen molar-refractivity contribution >= 4 is 5.69 Å². The molecule has 1 N–H and O–H groups in total. The Bertz CT molecular complexity index is 593. The first-order valence-corrected chi connectivity index (χ1v) is 8.86. The van der Waals surface area contributed by atoms with Crippen LogP contribution in [0.4, 0.5) is 5.69 Å². The Balaban J connectivity index is 1.83. The molecule has 2 aromatic carbocycles. The van der Waals surface area contributed by atoms with E-state index in [2.05, 4.69) is 44.3 Å². The Morgan fingerprint density at radius 2 is 1.75 bits per heavy atom. The average Bonchev–Trinajstić information content (AvgIpc) is 2.60. The van der Waals surface area contributed by atoms with Crippen molar-refractivity contribution in [1.82, 2.24) is 0 Å². The molecule has 0 aliphatic rings. The predicted molar refractivity (Wildman–Crippen MR) is 101 cm³/mol. The third kappa shape index (κ3) is 6.53. The minimum atomic E-state index is 0.527. The van der Waals surface area contributed by atoms with Gasteiger partial charge in [0, 0.05) is 18.3 Å². The van der Waals surface area contributed by atoms with Gasteiger partial charge < -0.3 is 14.8 Å². The summed E-state index contributed by atoms with van der Waals surface area (Å²) in [4.78, 5) is 0. The molecule has 0 heterocycles. The van der Waals surface area contributed by atoms with E-state index in [4.69, 9.17) is 9.47 Å². The van der Waals surface area contributed by atoms with Gasteiger partial charge in [0.2, 0.25) is 0 Å². The van der Waals surface area contributed by atoms with Crippen LogP contribution in [-0.2, 0) is 6.54 Å².